The van der Waals surface area contributed by atoms with Gasteiger partial charge in [0.05, 0.1) is 5.56 Å². The van der Waals surface area contributed by atoms with Crippen molar-refractivity contribution in [2.24, 2.45) is 5.73 Å². The van der Waals surface area contributed by atoms with E-state index in [1.54, 1.807) is 42.5 Å². The monoisotopic (exact) mass is 374 g/mol. The van der Waals surface area contributed by atoms with Gasteiger partial charge < -0.3 is 11.1 Å². The maximum atomic E-state index is 12.6. The van der Waals surface area contributed by atoms with Crippen LogP contribution < -0.4 is 11.1 Å². The molecule has 118 valence electrons. The minimum atomic E-state index is -0.821. The molecule has 5 nitrogen and oxygen atoms in total. The van der Waals surface area contributed by atoms with Gasteiger partial charge >= 0.3 is 0 Å². The van der Waals surface area contributed by atoms with Gasteiger partial charge in [0.15, 0.2) is 5.78 Å². The molecule has 0 bridgehead atoms. The fourth-order valence-corrected chi connectivity index (χ4v) is 2.25. The summed E-state index contributed by atoms with van der Waals surface area (Å²) < 4.78 is 0.857. The van der Waals surface area contributed by atoms with Gasteiger partial charge in [0.2, 0.25) is 5.91 Å². The van der Waals surface area contributed by atoms with Gasteiger partial charge in [0.1, 0.15) is 6.04 Å². The van der Waals surface area contributed by atoms with Crippen LogP contribution in [0.15, 0.2) is 53.0 Å². The first-order valence-electron chi connectivity index (χ1n) is 6.89. The Kier molecular flexibility index (Phi) is 5.28. The van der Waals surface area contributed by atoms with E-state index in [-0.39, 0.29) is 16.9 Å². The third-order valence-corrected chi connectivity index (χ3v) is 3.83. The van der Waals surface area contributed by atoms with Crippen molar-refractivity contribution < 1.29 is 14.4 Å². The molecular formula is C17H15BrN2O3. The van der Waals surface area contributed by atoms with Crippen molar-refractivity contribution in [3.8, 4) is 0 Å². The molecule has 0 aliphatic heterocycles. The molecule has 1 atom stereocenters. The summed E-state index contributed by atoms with van der Waals surface area (Å²) in [5.41, 5.74) is 6.08. The molecule has 0 unspecified atom stereocenters. The molecule has 0 heterocycles. The van der Waals surface area contributed by atoms with Gasteiger partial charge in [0, 0.05) is 15.6 Å². The Hall–Kier alpha value is -2.47. The average Bonchev–Trinajstić information content (AvgIpc) is 2.54. The van der Waals surface area contributed by atoms with E-state index in [9.17, 15) is 14.4 Å². The number of carbonyl (C=O) groups excluding carboxylic acids is 3. The predicted molar refractivity (Wildman–Crippen MR) is 90.1 cm³/mol. The van der Waals surface area contributed by atoms with E-state index < -0.39 is 17.9 Å². The molecule has 2 aromatic carbocycles. The lowest BCUT2D eigenvalue weighted by molar-refractivity contribution is -0.119. The van der Waals surface area contributed by atoms with Crippen molar-refractivity contribution >= 4 is 33.5 Å². The van der Waals surface area contributed by atoms with Crippen LogP contribution in [0.4, 0.5) is 0 Å². The van der Waals surface area contributed by atoms with Gasteiger partial charge in [-0.1, -0.05) is 34.1 Å². The lowest BCUT2D eigenvalue weighted by Crippen LogP contribution is -2.42. The fraction of sp³-hybridized carbons (Fsp3) is 0.118. The van der Waals surface area contributed by atoms with Crippen LogP contribution in [0.1, 0.15) is 33.2 Å². The molecule has 0 radical (unpaired) electrons. The van der Waals surface area contributed by atoms with E-state index in [0.29, 0.717) is 5.56 Å². The Labute approximate surface area is 142 Å². The van der Waals surface area contributed by atoms with Gasteiger partial charge in [0.25, 0.3) is 5.91 Å². The van der Waals surface area contributed by atoms with Crippen LogP contribution in [0.3, 0.4) is 0 Å². The summed E-state index contributed by atoms with van der Waals surface area (Å²) >= 11 is 3.31. The molecule has 2 amide bonds. The number of hydrogen-bond acceptors (Lipinski definition) is 3. The second-order valence-electron chi connectivity index (χ2n) is 4.98. The maximum Gasteiger partial charge on any atom is 0.252 e. The first kappa shape index (κ1) is 16.9. The first-order chi connectivity index (χ1) is 10.9. The molecule has 0 saturated heterocycles. The largest absolute Gasteiger partial charge is 0.368 e. The number of hydrogen-bond donors (Lipinski definition) is 2. The maximum absolute atomic E-state index is 12.6. The summed E-state index contributed by atoms with van der Waals surface area (Å²) in [6, 6.07) is 12.5. The van der Waals surface area contributed by atoms with Crippen molar-refractivity contribution in [1.29, 1.82) is 0 Å². The second-order valence-corrected chi connectivity index (χ2v) is 5.89. The summed E-state index contributed by atoms with van der Waals surface area (Å²) in [5.74, 6) is -1.43. The summed E-state index contributed by atoms with van der Waals surface area (Å²) in [6.07, 6.45) is 0. The van der Waals surface area contributed by atoms with E-state index >= 15 is 0 Å². The highest BCUT2D eigenvalue weighted by atomic mass is 79.9. The smallest absolute Gasteiger partial charge is 0.252 e. The van der Waals surface area contributed by atoms with Crippen LogP contribution in [-0.4, -0.2) is 23.6 Å². The zero-order chi connectivity index (χ0) is 17.0. The highest BCUT2D eigenvalue weighted by molar-refractivity contribution is 9.10. The molecule has 2 rings (SSSR count). The van der Waals surface area contributed by atoms with Crippen molar-refractivity contribution in [3.05, 3.63) is 69.7 Å². The van der Waals surface area contributed by atoms with Crippen molar-refractivity contribution in [3.63, 3.8) is 0 Å². The average molecular weight is 375 g/mol. The van der Waals surface area contributed by atoms with Crippen LogP contribution in [0.25, 0.3) is 0 Å². The second kappa shape index (κ2) is 7.19. The molecular weight excluding hydrogens is 360 g/mol. The van der Waals surface area contributed by atoms with Gasteiger partial charge in [-0.3, -0.25) is 14.4 Å². The highest BCUT2D eigenvalue weighted by Crippen LogP contribution is 2.17. The molecule has 23 heavy (non-hydrogen) atoms. The Bertz CT molecular complexity index is 757. The molecule has 0 aliphatic carbocycles. The molecule has 0 spiro atoms. The number of nitrogens with one attached hydrogen (secondary N) is 1. The molecule has 0 aromatic heterocycles. The number of rotatable bonds is 5. The Morgan fingerprint density at radius 3 is 2.13 bits per heavy atom. The Morgan fingerprint density at radius 1 is 1.00 bits per heavy atom. The van der Waals surface area contributed by atoms with Gasteiger partial charge in [-0.15, -0.1) is 0 Å². The normalized spacial score (nSPS) is 11.6. The summed E-state index contributed by atoms with van der Waals surface area (Å²) in [4.78, 5) is 36.0. The number of primary amides is 1. The molecule has 0 fully saturated rings. The standard InChI is InChI=1S/C17H15BrN2O3/c1-10(16(19)22)20-17(23)14-5-3-2-4-13(14)15(21)11-6-8-12(18)9-7-11/h2-10H,1H3,(H2,19,22)(H,20,23)/t10-/m1/s1. The van der Waals surface area contributed by atoms with Gasteiger partial charge in [-0.25, -0.2) is 0 Å². The fourth-order valence-electron chi connectivity index (χ4n) is 1.98. The minimum absolute atomic E-state index is 0.202. The lowest BCUT2D eigenvalue weighted by atomic mass is 9.98. The van der Waals surface area contributed by atoms with E-state index in [4.69, 9.17) is 5.73 Å². The zero-order valence-corrected chi connectivity index (χ0v) is 14.0. The third kappa shape index (κ3) is 4.04. The van der Waals surface area contributed by atoms with E-state index in [2.05, 4.69) is 21.2 Å². The topological polar surface area (TPSA) is 89.3 Å². The molecule has 0 saturated carbocycles. The van der Waals surface area contributed by atoms with Crippen LogP contribution >= 0.6 is 15.9 Å². The molecule has 2 aromatic rings. The number of amides is 2. The van der Waals surface area contributed by atoms with E-state index in [0.717, 1.165) is 4.47 Å². The van der Waals surface area contributed by atoms with Crippen LogP contribution in [0.2, 0.25) is 0 Å². The van der Waals surface area contributed by atoms with Gasteiger partial charge in [-0.05, 0) is 37.3 Å². The molecule has 0 aliphatic rings. The van der Waals surface area contributed by atoms with Crippen molar-refractivity contribution in [1.82, 2.24) is 5.32 Å². The Balaban J connectivity index is 2.33. The number of ketones is 1. The zero-order valence-electron chi connectivity index (χ0n) is 12.4. The van der Waals surface area contributed by atoms with E-state index in [1.807, 2.05) is 0 Å². The Morgan fingerprint density at radius 2 is 1.57 bits per heavy atom. The quantitative estimate of drug-likeness (QED) is 0.786. The van der Waals surface area contributed by atoms with Crippen LogP contribution in [0.5, 0.6) is 0 Å². The number of carbonyl (C=O) groups is 3. The van der Waals surface area contributed by atoms with E-state index in [1.165, 1.54) is 13.0 Å². The summed E-state index contributed by atoms with van der Waals surface area (Å²) in [6.45, 7) is 1.49. The number of halogens is 1. The highest BCUT2D eigenvalue weighted by Gasteiger charge is 2.20. The van der Waals surface area contributed by atoms with Crippen molar-refractivity contribution in [2.45, 2.75) is 13.0 Å². The summed E-state index contributed by atoms with van der Waals surface area (Å²) in [5, 5.41) is 2.48. The van der Waals surface area contributed by atoms with Crippen LogP contribution in [-0.2, 0) is 4.79 Å². The SMILES string of the molecule is C[C@@H](NC(=O)c1ccccc1C(=O)c1ccc(Br)cc1)C(N)=O. The lowest BCUT2D eigenvalue weighted by Gasteiger charge is -2.12. The van der Waals surface area contributed by atoms with Crippen LogP contribution in [0, 0.1) is 0 Å². The first-order valence-corrected chi connectivity index (χ1v) is 7.69. The summed E-state index contributed by atoms with van der Waals surface area (Å²) in [7, 11) is 0. The number of benzene rings is 2. The molecule has 6 heteroatoms. The third-order valence-electron chi connectivity index (χ3n) is 3.30. The number of nitrogens with two attached hydrogens (primary N) is 1. The predicted octanol–water partition coefficient (Wildman–Crippen LogP) is 2.28. The van der Waals surface area contributed by atoms with Crippen molar-refractivity contribution in [2.75, 3.05) is 0 Å². The van der Waals surface area contributed by atoms with Gasteiger partial charge in [-0.2, -0.15) is 0 Å². The molecule has 3 N–H and O–H groups in total. The minimum Gasteiger partial charge on any atom is -0.368 e.